The smallest absolute Gasteiger partial charge is 0.411 e. The number of quaternary nitrogens is 1. The number of rotatable bonds is 3. The molecular weight excluding hydrogens is 264 g/mol. The van der Waals surface area contributed by atoms with E-state index in [1.165, 1.54) is 45.2 Å². The Morgan fingerprint density at radius 2 is 1.95 bits per heavy atom. The maximum Gasteiger partial charge on any atom is 0.411 e. The van der Waals surface area contributed by atoms with Crippen molar-refractivity contribution in [3.63, 3.8) is 0 Å². The lowest BCUT2D eigenvalue weighted by atomic mass is 9.84. The molecule has 0 spiro atoms. The van der Waals surface area contributed by atoms with E-state index in [9.17, 15) is 4.79 Å². The number of nitrogens with one attached hydrogen (secondary N) is 2. The van der Waals surface area contributed by atoms with Gasteiger partial charge in [-0.3, -0.25) is 5.32 Å². The predicted octanol–water partition coefficient (Wildman–Crippen LogP) is 2.08. The van der Waals surface area contributed by atoms with Gasteiger partial charge in [0, 0.05) is 11.6 Å². The van der Waals surface area contributed by atoms with Gasteiger partial charge in [0.15, 0.2) is 0 Å². The van der Waals surface area contributed by atoms with Crippen LogP contribution in [0.15, 0.2) is 30.3 Å². The average Bonchev–Trinajstić information content (AvgIpc) is 2.54. The number of hydrogen-bond donors (Lipinski definition) is 2. The third kappa shape index (κ3) is 3.76. The summed E-state index contributed by atoms with van der Waals surface area (Å²) in [6.45, 7) is 3.17. The van der Waals surface area contributed by atoms with E-state index < -0.39 is 0 Å². The molecule has 1 amide bonds. The molecule has 0 bridgehead atoms. The lowest BCUT2D eigenvalue weighted by Gasteiger charge is -2.40. The van der Waals surface area contributed by atoms with Crippen LogP contribution < -0.4 is 10.2 Å². The van der Waals surface area contributed by atoms with Gasteiger partial charge in [-0.05, 0) is 44.2 Å². The van der Waals surface area contributed by atoms with Crippen molar-refractivity contribution >= 4 is 11.8 Å². The first-order valence-corrected chi connectivity index (χ1v) is 8.16. The number of fused-ring (bicyclic) bond motifs is 1. The number of hydrogen-bond acceptors (Lipinski definition) is 2. The molecule has 2 aliphatic rings. The summed E-state index contributed by atoms with van der Waals surface area (Å²) in [5.74, 6) is 0.538. The number of benzene rings is 1. The van der Waals surface area contributed by atoms with E-state index >= 15 is 0 Å². The number of piperidine rings is 2. The first-order chi connectivity index (χ1) is 10.3. The molecule has 2 saturated heterocycles. The summed E-state index contributed by atoms with van der Waals surface area (Å²) < 4.78 is 5.47. The van der Waals surface area contributed by atoms with Gasteiger partial charge in [0.1, 0.15) is 6.61 Å². The summed E-state index contributed by atoms with van der Waals surface area (Å²) in [4.78, 5) is 13.6. The van der Waals surface area contributed by atoms with E-state index in [2.05, 4.69) is 5.32 Å². The predicted molar refractivity (Wildman–Crippen MR) is 82.5 cm³/mol. The Kier molecular flexibility index (Phi) is 4.76. The van der Waals surface area contributed by atoms with E-state index in [0.29, 0.717) is 18.6 Å². The van der Waals surface area contributed by atoms with Gasteiger partial charge in [-0.25, -0.2) is 4.79 Å². The summed E-state index contributed by atoms with van der Waals surface area (Å²) >= 11 is 0. The van der Waals surface area contributed by atoms with Gasteiger partial charge in [0.2, 0.25) is 0 Å². The van der Waals surface area contributed by atoms with Gasteiger partial charge in [-0.2, -0.15) is 0 Å². The van der Waals surface area contributed by atoms with Gasteiger partial charge in [-0.15, -0.1) is 0 Å². The fourth-order valence-corrected chi connectivity index (χ4v) is 3.84. The van der Waals surface area contributed by atoms with Crippen LogP contribution in [0.3, 0.4) is 0 Å². The Balaban J connectivity index is 1.48. The van der Waals surface area contributed by atoms with Crippen LogP contribution in [0, 0.1) is 5.92 Å². The van der Waals surface area contributed by atoms with E-state index in [-0.39, 0.29) is 6.09 Å². The van der Waals surface area contributed by atoms with Crippen LogP contribution in [-0.4, -0.2) is 31.8 Å². The molecule has 0 aliphatic carbocycles. The molecule has 0 radical (unpaired) electrons. The highest BCUT2D eigenvalue weighted by Crippen LogP contribution is 2.20. The van der Waals surface area contributed by atoms with Crippen LogP contribution in [0.5, 0.6) is 0 Å². The zero-order chi connectivity index (χ0) is 14.5. The monoisotopic (exact) mass is 289 g/mol. The van der Waals surface area contributed by atoms with Crippen LogP contribution in [0.4, 0.5) is 10.5 Å². The first kappa shape index (κ1) is 14.4. The van der Waals surface area contributed by atoms with Gasteiger partial charge in [-0.1, -0.05) is 18.2 Å². The zero-order valence-corrected chi connectivity index (χ0v) is 12.5. The maximum atomic E-state index is 11.9. The molecule has 3 atom stereocenters. The van der Waals surface area contributed by atoms with Crippen molar-refractivity contribution in [1.29, 1.82) is 0 Å². The topological polar surface area (TPSA) is 42.8 Å². The molecule has 114 valence electrons. The lowest BCUT2D eigenvalue weighted by Crippen LogP contribution is -3.18. The number of carbonyl (C=O) groups is 1. The quantitative estimate of drug-likeness (QED) is 0.894. The van der Waals surface area contributed by atoms with Crippen LogP contribution in [0.2, 0.25) is 0 Å². The second-order valence-electron chi connectivity index (χ2n) is 6.25. The number of ether oxygens (including phenoxy) is 1. The Morgan fingerprint density at radius 3 is 2.81 bits per heavy atom. The summed E-state index contributed by atoms with van der Waals surface area (Å²) in [5.41, 5.74) is 0.788. The summed E-state index contributed by atoms with van der Waals surface area (Å²) in [5, 5.41) is 2.79. The summed E-state index contributed by atoms with van der Waals surface area (Å²) in [6.07, 6.45) is 6.12. The van der Waals surface area contributed by atoms with E-state index in [0.717, 1.165) is 5.69 Å². The van der Waals surface area contributed by atoms with Crippen molar-refractivity contribution in [3.8, 4) is 0 Å². The summed E-state index contributed by atoms with van der Waals surface area (Å²) in [7, 11) is 0. The molecule has 0 saturated carbocycles. The van der Waals surface area contributed by atoms with Gasteiger partial charge in [0.05, 0.1) is 19.1 Å². The fourth-order valence-electron chi connectivity index (χ4n) is 3.84. The highest BCUT2D eigenvalue weighted by molar-refractivity contribution is 5.84. The molecular formula is C17H25N2O2+. The van der Waals surface area contributed by atoms with Crippen LogP contribution in [-0.2, 0) is 4.74 Å². The Bertz CT molecular complexity index is 461. The van der Waals surface area contributed by atoms with Crippen molar-refractivity contribution in [1.82, 2.24) is 0 Å². The second kappa shape index (κ2) is 6.94. The molecule has 3 rings (SSSR count). The minimum absolute atomic E-state index is 0.330. The molecule has 1 unspecified atom stereocenters. The van der Waals surface area contributed by atoms with Crippen molar-refractivity contribution < 1.29 is 14.4 Å². The highest BCUT2D eigenvalue weighted by atomic mass is 16.5. The molecule has 2 aliphatic heterocycles. The normalized spacial score (nSPS) is 28.5. The SMILES string of the molecule is O=C(Nc1ccccc1)OC[C@@H]1CCC[NH+]2CCCC[C@@H]12. The van der Waals surface area contributed by atoms with Crippen molar-refractivity contribution in [3.05, 3.63) is 30.3 Å². The molecule has 1 aromatic rings. The van der Waals surface area contributed by atoms with Gasteiger partial charge in [0.25, 0.3) is 0 Å². The molecule has 2 fully saturated rings. The van der Waals surface area contributed by atoms with Crippen molar-refractivity contribution in [2.75, 3.05) is 25.0 Å². The molecule has 4 nitrogen and oxygen atoms in total. The minimum Gasteiger partial charge on any atom is -0.449 e. The molecule has 1 aromatic carbocycles. The Morgan fingerprint density at radius 1 is 1.14 bits per heavy atom. The standard InChI is InChI=1S/C17H24N2O2/c20-17(18-15-8-2-1-3-9-15)21-13-14-7-6-12-19-11-5-4-10-16(14)19/h1-3,8-9,14,16H,4-7,10-13H2,(H,18,20)/p+1/t14-,16-/m0/s1. The second-order valence-corrected chi connectivity index (χ2v) is 6.25. The summed E-state index contributed by atoms with van der Waals surface area (Å²) in [6, 6.07) is 10.2. The number of anilines is 1. The lowest BCUT2D eigenvalue weighted by molar-refractivity contribution is -0.940. The average molecular weight is 289 g/mol. The van der Waals surface area contributed by atoms with Crippen LogP contribution >= 0.6 is 0 Å². The van der Waals surface area contributed by atoms with E-state index in [1.807, 2.05) is 30.3 Å². The third-order valence-electron chi connectivity index (χ3n) is 4.88. The molecule has 0 aromatic heterocycles. The van der Waals surface area contributed by atoms with E-state index in [1.54, 1.807) is 4.90 Å². The Labute approximate surface area is 126 Å². The fraction of sp³-hybridized carbons (Fsp3) is 0.588. The molecule has 2 heterocycles. The van der Waals surface area contributed by atoms with Crippen LogP contribution in [0.1, 0.15) is 32.1 Å². The molecule has 21 heavy (non-hydrogen) atoms. The Hall–Kier alpha value is -1.55. The highest BCUT2D eigenvalue weighted by Gasteiger charge is 2.37. The minimum atomic E-state index is -0.330. The largest absolute Gasteiger partial charge is 0.449 e. The van der Waals surface area contributed by atoms with E-state index in [4.69, 9.17) is 4.74 Å². The van der Waals surface area contributed by atoms with Gasteiger partial charge < -0.3 is 9.64 Å². The number of amides is 1. The molecule has 4 heteroatoms. The number of carbonyl (C=O) groups excluding carboxylic acids is 1. The maximum absolute atomic E-state index is 11.9. The van der Waals surface area contributed by atoms with Crippen molar-refractivity contribution in [2.24, 2.45) is 5.92 Å². The zero-order valence-electron chi connectivity index (χ0n) is 12.5. The number of para-hydroxylation sites is 1. The third-order valence-corrected chi connectivity index (χ3v) is 4.88. The van der Waals surface area contributed by atoms with Gasteiger partial charge >= 0.3 is 6.09 Å². The van der Waals surface area contributed by atoms with Crippen LogP contribution in [0.25, 0.3) is 0 Å². The first-order valence-electron chi connectivity index (χ1n) is 8.16. The van der Waals surface area contributed by atoms with Crippen molar-refractivity contribution in [2.45, 2.75) is 38.1 Å². The molecule has 2 N–H and O–H groups in total.